The number of hydrogen-bond acceptors (Lipinski definition) is 2. The molecule has 2 aliphatic rings. The number of aliphatic hydroxyl groups excluding tert-OH is 1. The fraction of sp³-hybridized carbons (Fsp3) is 0.938. The van der Waals surface area contributed by atoms with Gasteiger partial charge >= 0.3 is 0 Å². The van der Waals surface area contributed by atoms with Gasteiger partial charge in [-0.05, 0) is 43.9 Å². The molecule has 1 atom stereocenters. The molecule has 0 heterocycles. The van der Waals surface area contributed by atoms with Crippen LogP contribution >= 0.6 is 0 Å². The van der Waals surface area contributed by atoms with Crippen molar-refractivity contribution in [2.45, 2.75) is 77.2 Å². The van der Waals surface area contributed by atoms with Crippen LogP contribution in [-0.2, 0) is 0 Å². The fourth-order valence-electron chi connectivity index (χ4n) is 3.76. The summed E-state index contributed by atoms with van der Waals surface area (Å²) in [6.45, 7) is 2.26. The molecule has 0 aromatic heterocycles. The molecule has 18 heavy (non-hydrogen) atoms. The van der Waals surface area contributed by atoms with Crippen LogP contribution in [-0.4, -0.2) is 11.2 Å². The highest BCUT2D eigenvalue weighted by molar-refractivity contribution is 5.06. The number of nitrogens with zero attached hydrogens (tertiary/aromatic N) is 1. The number of hydrogen-bond donors (Lipinski definition) is 1. The highest BCUT2D eigenvalue weighted by Gasteiger charge is 2.41. The average Bonchev–Trinajstić information content (AvgIpc) is 2.41. The van der Waals surface area contributed by atoms with Crippen LogP contribution in [0.2, 0.25) is 0 Å². The standard InChI is InChI=1S/C16H27NO/c1-13-7-9-16(12-17,10-8-13)15(18)11-14-5-3-2-4-6-14/h13-15,18H,2-11H2,1H3. The van der Waals surface area contributed by atoms with E-state index in [0.29, 0.717) is 5.92 Å². The van der Waals surface area contributed by atoms with Gasteiger partial charge in [0.1, 0.15) is 0 Å². The molecule has 2 fully saturated rings. The van der Waals surface area contributed by atoms with Crippen LogP contribution in [0.5, 0.6) is 0 Å². The summed E-state index contributed by atoms with van der Waals surface area (Å²) in [4.78, 5) is 0. The molecule has 0 aromatic rings. The van der Waals surface area contributed by atoms with Gasteiger partial charge in [0.05, 0.1) is 17.6 Å². The van der Waals surface area contributed by atoms with E-state index in [1.54, 1.807) is 0 Å². The molecule has 2 heteroatoms. The van der Waals surface area contributed by atoms with Crippen LogP contribution in [0.4, 0.5) is 0 Å². The summed E-state index contributed by atoms with van der Waals surface area (Å²) in [5, 5.41) is 20.1. The zero-order chi connectivity index (χ0) is 13.0. The maximum absolute atomic E-state index is 10.5. The van der Waals surface area contributed by atoms with Crippen molar-refractivity contribution in [2.24, 2.45) is 17.3 Å². The lowest BCUT2D eigenvalue weighted by atomic mass is 9.66. The quantitative estimate of drug-likeness (QED) is 0.820. The molecule has 0 radical (unpaired) electrons. The van der Waals surface area contributed by atoms with Crippen LogP contribution in [0.3, 0.4) is 0 Å². The van der Waals surface area contributed by atoms with Gasteiger partial charge in [-0.25, -0.2) is 0 Å². The number of aliphatic hydroxyl groups is 1. The Hall–Kier alpha value is -0.550. The lowest BCUT2D eigenvalue weighted by Gasteiger charge is -2.39. The van der Waals surface area contributed by atoms with Crippen molar-refractivity contribution < 1.29 is 5.11 Å². The highest BCUT2D eigenvalue weighted by atomic mass is 16.3. The molecule has 0 bridgehead atoms. The molecule has 2 aliphatic carbocycles. The van der Waals surface area contributed by atoms with E-state index >= 15 is 0 Å². The minimum atomic E-state index is -0.427. The second-order valence-corrected chi connectivity index (χ2v) is 6.71. The third-order valence-electron chi connectivity index (χ3n) is 5.31. The maximum atomic E-state index is 10.5. The van der Waals surface area contributed by atoms with Crippen LogP contribution < -0.4 is 0 Å². The van der Waals surface area contributed by atoms with Gasteiger partial charge in [0.15, 0.2) is 0 Å². The first-order valence-electron chi connectivity index (χ1n) is 7.75. The largest absolute Gasteiger partial charge is 0.391 e. The molecule has 1 N–H and O–H groups in total. The normalized spacial score (nSPS) is 35.9. The molecule has 0 aromatic carbocycles. The molecule has 2 saturated carbocycles. The van der Waals surface area contributed by atoms with Crippen LogP contribution in [0.25, 0.3) is 0 Å². The van der Waals surface area contributed by atoms with Gasteiger partial charge in [0, 0.05) is 0 Å². The minimum absolute atomic E-state index is 0.391. The maximum Gasteiger partial charge on any atom is 0.0832 e. The Kier molecular flexibility index (Phi) is 4.67. The van der Waals surface area contributed by atoms with Crippen molar-refractivity contribution in [1.82, 2.24) is 0 Å². The summed E-state index contributed by atoms with van der Waals surface area (Å²) in [6, 6.07) is 2.48. The lowest BCUT2D eigenvalue weighted by molar-refractivity contribution is 0.00709. The van der Waals surface area contributed by atoms with E-state index < -0.39 is 11.5 Å². The monoisotopic (exact) mass is 249 g/mol. The minimum Gasteiger partial charge on any atom is -0.391 e. The first kappa shape index (κ1) is 13.9. The fourth-order valence-corrected chi connectivity index (χ4v) is 3.76. The summed E-state index contributed by atoms with van der Waals surface area (Å²) in [6.07, 6.45) is 11.0. The second kappa shape index (κ2) is 6.06. The Morgan fingerprint density at radius 2 is 1.78 bits per heavy atom. The number of nitriles is 1. The van der Waals surface area contributed by atoms with Gasteiger partial charge < -0.3 is 5.11 Å². The SMILES string of the molecule is CC1CCC(C#N)(C(O)CC2CCCCC2)CC1. The molecule has 0 aliphatic heterocycles. The average molecular weight is 249 g/mol. The van der Waals surface area contributed by atoms with Crippen molar-refractivity contribution in [3.05, 3.63) is 0 Å². The molecule has 2 rings (SSSR count). The Morgan fingerprint density at radius 1 is 1.17 bits per heavy atom. The summed E-state index contributed by atoms with van der Waals surface area (Å²) < 4.78 is 0. The molecular weight excluding hydrogens is 222 g/mol. The van der Waals surface area contributed by atoms with E-state index in [2.05, 4.69) is 13.0 Å². The van der Waals surface area contributed by atoms with Gasteiger partial charge in [-0.15, -0.1) is 0 Å². The zero-order valence-electron chi connectivity index (χ0n) is 11.7. The Balaban J connectivity index is 1.92. The van der Waals surface area contributed by atoms with Crippen molar-refractivity contribution >= 4 is 0 Å². The summed E-state index contributed by atoms with van der Waals surface area (Å²) in [5.41, 5.74) is -0.427. The number of rotatable bonds is 3. The van der Waals surface area contributed by atoms with E-state index in [1.165, 1.54) is 32.1 Å². The smallest absolute Gasteiger partial charge is 0.0832 e. The van der Waals surface area contributed by atoms with Crippen LogP contribution in [0.15, 0.2) is 0 Å². The summed E-state index contributed by atoms with van der Waals surface area (Å²) in [7, 11) is 0. The third kappa shape index (κ3) is 3.06. The predicted octanol–water partition coefficient (Wildman–Crippen LogP) is 4.04. The van der Waals surface area contributed by atoms with Crippen LogP contribution in [0, 0.1) is 28.6 Å². The molecule has 0 saturated heterocycles. The van der Waals surface area contributed by atoms with E-state index in [9.17, 15) is 10.4 Å². The van der Waals surface area contributed by atoms with E-state index in [4.69, 9.17) is 0 Å². The Morgan fingerprint density at radius 3 is 2.33 bits per heavy atom. The van der Waals surface area contributed by atoms with Crippen molar-refractivity contribution in [3.63, 3.8) is 0 Å². The van der Waals surface area contributed by atoms with Crippen molar-refractivity contribution in [3.8, 4) is 6.07 Å². The van der Waals surface area contributed by atoms with Crippen molar-refractivity contribution in [2.75, 3.05) is 0 Å². The summed E-state index contributed by atoms with van der Waals surface area (Å²) in [5.74, 6) is 1.40. The first-order chi connectivity index (χ1) is 8.66. The molecular formula is C16H27NO. The van der Waals surface area contributed by atoms with E-state index in [1.807, 2.05) is 0 Å². The lowest BCUT2D eigenvalue weighted by Crippen LogP contribution is -2.38. The Bertz CT molecular complexity index is 293. The van der Waals surface area contributed by atoms with E-state index in [0.717, 1.165) is 38.0 Å². The van der Waals surface area contributed by atoms with Gasteiger partial charge in [-0.2, -0.15) is 5.26 Å². The van der Waals surface area contributed by atoms with Gasteiger partial charge in [-0.3, -0.25) is 0 Å². The molecule has 2 nitrogen and oxygen atoms in total. The highest BCUT2D eigenvalue weighted by Crippen LogP contribution is 2.43. The topological polar surface area (TPSA) is 44.0 Å². The van der Waals surface area contributed by atoms with Gasteiger partial charge in [-0.1, -0.05) is 39.0 Å². The third-order valence-corrected chi connectivity index (χ3v) is 5.31. The van der Waals surface area contributed by atoms with Gasteiger partial charge in [0.2, 0.25) is 0 Å². The van der Waals surface area contributed by atoms with Crippen molar-refractivity contribution in [1.29, 1.82) is 5.26 Å². The molecule has 102 valence electrons. The second-order valence-electron chi connectivity index (χ2n) is 6.71. The zero-order valence-corrected chi connectivity index (χ0v) is 11.7. The van der Waals surface area contributed by atoms with Crippen LogP contribution in [0.1, 0.15) is 71.1 Å². The molecule has 0 amide bonds. The Labute approximate surface area is 111 Å². The summed E-state index contributed by atoms with van der Waals surface area (Å²) >= 11 is 0. The molecule has 1 unspecified atom stereocenters. The first-order valence-corrected chi connectivity index (χ1v) is 7.75. The van der Waals surface area contributed by atoms with Gasteiger partial charge in [0.25, 0.3) is 0 Å². The molecule has 0 spiro atoms. The van der Waals surface area contributed by atoms with E-state index in [-0.39, 0.29) is 0 Å². The predicted molar refractivity (Wildman–Crippen MR) is 72.9 cm³/mol.